The second kappa shape index (κ2) is 7.00. The Morgan fingerprint density at radius 2 is 2.19 bits per heavy atom. The van der Waals surface area contributed by atoms with Gasteiger partial charge in [-0.25, -0.2) is 8.42 Å². The molecule has 1 aliphatic rings. The van der Waals surface area contributed by atoms with Gasteiger partial charge in [0.2, 0.25) is 10.0 Å². The van der Waals surface area contributed by atoms with Crippen molar-refractivity contribution < 1.29 is 8.42 Å². The monoisotopic (exact) mass is 348 g/mol. The highest BCUT2D eigenvalue weighted by atomic mass is 32.2. The second-order valence-electron chi connectivity index (χ2n) is 5.87. The SMILES string of the molecule is CCCNCc1cc(S(=O)(=O)N2CCSC(C)(C)C2)cs1. The fourth-order valence-electron chi connectivity index (χ4n) is 2.30. The number of hydrogen-bond donors (Lipinski definition) is 1. The summed E-state index contributed by atoms with van der Waals surface area (Å²) in [7, 11) is -3.34. The Morgan fingerprint density at radius 1 is 1.43 bits per heavy atom. The van der Waals surface area contributed by atoms with Crippen LogP contribution in [0.15, 0.2) is 16.3 Å². The highest BCUT2D eigenvalue weighted by Gasteiger charge is 2.34. The van der Waals surface area contributed by atoms with Crippen LogP contribution in [-0.4, -0.2) is 42.9 Å². The maximum Gasteiger partial charge on any atom is 0.243 e. The smallest absolute Gasteiger partial charge is 0.243 e. The quantitative estimate of drug-likeness (QED) is 0.803. The van der Waals surface area contributed by atoms with Gasteiger partial charge in [-0.3, -0.25) is 0 Å². The van der Waals surface area contributed by atoms with Crippen LogP contribution < -0.4 is 5.32 Å². The van der Waals surface area contributed by atoms with Crippen molar-refractivity contribution in [3.8, 4) is 0 Å². The zero-order valence-electron chi connectivity index (χ0n) is 12.9. The molecular weight excluding hydrogens is 324 g/mol. The summed E-state index contributed by atoms with van der Waals surface area (Å²) in [6.45, 7) is 9.22. The number of thiophene rings is 1. The minimum Gasteiger partial charge on any atom is -0.312 e. The van der Waals surface area contributed by atoms with Crippen LogP contribution in [0.5, 0.6) is 0 Å². The lowest BCUT2D eigenvalue weighted by atomic mass is 10.2. The van der Waals surface area contributed by atoms with Gasteiger partial charge in [-0.15, -0.1) is 11.3 Å². The number of sulfonamides is 1. The fourth-order valence-corrected chi connectivity index (χ4v) is 6.45. The van der Waals surface area contributed by atoms with Gasteiger partial charge in [0.15, 0.2) is 0 Å². The molecule has 1 aliphatic heterocycles. The van der Waals surface area contributed by atoms with E-state index in [4.69, 9.17) is 0 Å². The standard InChI is InChI=1S/C14H24N2O2S3/c1-4-5-15-9-12-8-13(10-19-12)21(17,18)16-6-7-20-14(2,3)11-16/h8,10,15H,4-7,9,11H2,1-3H3. The molecule has 7 heteroatoms. The zero-order valence-corrected chi connectivity index (χ0v) is 15.3. The van der Waals surface area contributed by atoms with Crippen LogP contribution >= 0.6 is 23.1 Å². The molecule has 0 aliphatic carbocycles. The van der Waals surface area contributed by atoms with Gasteiger partial charge in [-0.1, -0.05) is 6.92 Å². The topological polar surface area (TPSA) is 49.4 Å². The maximum atomic E-state index is 12.7. The van der Waals surface area contributed by atoms with E-state index in [1.54, 1.807) is 9.69 Å². The first-order chi connectivity index (χ1) is 9.85. The van der Waals surface area contributed by atoms with E-state index in [0.29, 0.717) is 18.0 Å². The molecule has 1 aromatic rings. The van der Waals surface area contributed by atoms with Crippen molar-refractivity contribution in [3.05, 3.63) is 16.3 Å². The molecular formula is C14H24N2O2S3. The van der Waals surface area contributed by atoms with Gasteiger partial charge in [0, 0.05) is 40.4 Å². The fraction of sp³-hybridized carbons (Fsp3) is 0.714. The van der Waals surface area contributed by atoms with Crippen molar-refractivity contribution in [1.82, 2.24) is 9.62 Å². The molecule has 4 nitrogen and oxygen atoms in total. The minimum absolute atomic E-state index is 0.00709. The molecule has 21 heavy (non-hydrogen) atoms. The Bertz CT molecular complexity index is 567. The van der Waals surface area contributed by atoms with Crippen molar-refractivity contribution in [2.75, 3.05) is 25.4 Å². The van der Waals surface area contributed by atoms with Crippen LogP contribution in [0.4, 0.5) is 0 Å². The van der Waals surface area contributed by atoms with Crippen molar-refractivity contribution in [2.24, 2.45) is 0 Å². The highest BCUT2D eigenvalue weighted by Crippen LogP contribution is 2.33. The van der Waals surface area contributed by atoms with Crippen LogP contribution in [0.2, 0.25) is 0 Å². The molecule has 2 heterocycles. The predicted octanol–water partition coefficient (Wildman–Crippen LogP) is 2.76. The largest absolute Gasteiger partial charge is 0.312 e. The molecule has 0 aromatic carbocycles. The molecule has 2 rings (SSSR count). The normalized spacial score (nSPS) is 19.8. The van der Waals surface area contributed by atoms with Crippen molar-refractivity contribution in [2.45, 2.75) is 43.4 Å². The van der Waals surface area contributed by atoms with Gasteiger partial charge in [0.1, 0.15) is 0 Å². The Labute approximate surface area is 136 Å². The summed E-state index contributed by atoms with van der Waals surface area (Å²) in [6.07, 6.45) is 1.08. The van der Waals surface area contributed by atoms with Crippen molar-refractivity contribution in [3.63, 3.8) is 0 Å². The van der Waals surface area contributed by atoms with Gasteiger partial charge in [0.05, 0.1) is 4.90 Å². The number of thioether (sulfide) groups is 1. The van der Waals surface area contributed by atoms with Crippen LogP contribution in [-0.2, 0) is 16.6 Å². The third-order valence-electron chi connectivity index (χ3n) is 3.38. The Hall–Kier alpha value is -0.0800. The first kappa shape index (κ1) is 17.3. The molecule has 0 atom stereocenters. The van der Waals surface area contributed by atoms with Gasteiger partial charge in [-0.2, -0.15) is 16.1 Å². The Kier molecular flexibility index (Phi) is 5.76. The second-order valence-corrected chi connectivity index (χ2v) is 10.6. The van der Waals surface area contributed by atoms with E-state index in [1.807, 2.05) is 17.8 Å². The molecule has 0 bridgehead atoms. The number of rotatable bonds is 6. The van der Waals surface area contributed by atoms with Crippen LogP contribution in [0.1, 0.15) is 32.1 Å². The molecule has 0 spiro atoms. The maximum absolute atomic E-state index is 12.7. The molecule has 1 N–H and O–H groups in total. The third-order valence-corrected chi connectivity index (χ3v) is 7.59. The summed E-state index contributed by atoms with van der Waals surface area (Å²) >= 11 is 3.36. The molecule has 1 aromatic heterocycles. The number of nitrogens with zero attached hydrogens (tertiary/aromatic N) is 1. The molecule has 0 radical (unpaired) electrons. The summed E-state index contributed by atoms with van der Waals surface area (Å²) in [6, 6.07) is 1.82. The minimum atomic E-state index is -3.34. The first-order valence-corrected chi connectivity index (χ1v) is 10.6. The van der Waals surface area contributed by atoms with E-state index < -0.39 is 10.0 Å². The summed E-state index contributed by atoms with van der Waals surface area (Å²) in [5.74, 6) is 0.862. The Balaban J connectivity index is 2.09. The van der Waals surface area contributed by atoms with Gasteiger partial charge in [0.25, 0.3) is 0 Å². The molecule has 0 amide bonds. The van der Waals surface area contributed by atoms with Gasteiger partial charge < -0.3 is 5.32 Å². The van der Waals surface area contributed by atoms with Crippen LogP contribution in [0, 0.1) is 0 Å². The van der Waals surface area contributed by atoms with E-state index in [-0.39, 0.29) is 4.75 Å². The van der Waals surface area contributed by atoms with Gasteiger partial charge in [-0.05, 0) is 32.9 Å². The molecule has 0 saturated carbocycles. The Morgan fingerprint density at radius 3 is 2.86 bits per heavy atom. The molecule has 1 saturated heterocycles. The van der Waals surface area contributed by atoms with Crippen molar-refractivity contribution >= 4 is 33.1 Å². The summed E-state index contributed by atoms with van der Waals surface area (Å²) in [5.41, 5.74) is 0. The summed E-state index contributed by atoms with van der Waals surface area (Å²) in [4.78, 5) is 1.52. The first-order valence-electron chi connectivity index (χ1n) is 7.27. The lowest BCUT2D eigenvalue weighted by Crippen LogP contribution is -2.45. The average molecular weight is 349 g/mol. The predicted molar refractivity (Wildman–Crippen MR) is 91.6 cm³/mol. The van der Waals surface area contributed by atoms with E-state index in [1.165, 1.54) is 11.3 Å². The van der Waals surface area contributed by atoms with E-state index >= 15 is 0 Å². The van der Waals surface area contributed by atoms with Crippen molar-refractivity contribution in [1.29, 1.82) is 0 Å². The summed E-state index contributed by atoms with van der Waals surface area (Å²) < 4.78 is 27.1. The average Bonchev–Trinajstić information content (AvgIpc) is 2.87. The lowest BCUT2D eigenvalue weighted by molar-refractivity contribution is 0.387. The molecule has 0 unspecified atom stereocenters. The number of nitrogens with one attached hydrogen (secondary N) is 1. The van der Waals surface area contributed by atoms with E-state index in [9.17, 15) is 8.42 Å². The molecule has 1 fully saturated rings. The highest BCUT2D eigenvalue weighted by molar-refractivity contribution is 8.00. The summed E-state index contributed by atoms with van der Waals surface area (Å²) in [5, 5.41) is 5.08. The molecule has 120 valence electrons. The van der Waals surface area contributed by atoms with Gasteiger partial charge >= 0.3 is 0 Å². The number of hydrogen-bond acceptors (Lipinski definition) is 5. The van der Waals surface area contributed by atoms with Crippen LogP contribution in [0.3, 0.4) is 0 Å². The third kappa shape index (κ3) is 4.45. The van der Waals surface area contributed by atoms with E-state index in [2.05, 4.69) is 26.1 Å². The van der Waals surface area contributed by atoms with Crippen LogP contribution in [0.25, 0.3) is 0 Å². The lowest BCUT2D eigenvalue weighted by Gasteiger charge is -2.36. The zero-order chi connectivity index (χ0) is 15.5. The van der Waals surface area contributed by atoms with E-state index in [0.717, 1.165) is 30.1 Å².